The summed E-state index contributed by atoms with van der Waals surface area (Å²) < 4.78 is 6.42. The zero-order valence-electron chi connectivity index (χ0n) is 8.19. The van der Waals surface area contributed by atoms with E-state index in [1.54, 1.807) is 23.7 Å². The Hall–Kier alpha value is -2.04. The SMILES string of the molecule is CCOC(=O)c1cc2c(=O)[nH]ccn2c1. The third-order valence-corrected chi connectivity index (χ3v) is 2.04. The van der Waals surface area contributed by atoms with Gasteiger partial charge in [-0.05, 0) is 13.0 Å². The highest BCUT2D eigenvalue weighted by Gasteiger charge is 2.10. The summed E-state index contributed by atoms with van der Waals surface area (Å²) in [5, 5.41) is 0. The molecule has 78 valence electrons. The molecule has 5 nitrogen and oxygen atoms in total. The van der Waals surface area contributed by atoms with E-state index in [1.165, 1.54) is 12.3 Å². The molecular weight excluding hydrogens is 196 g/mol. The summed E-state index contributed by atoms with van der Waals surface area (Å²) in [7, 11) is 0. The van der Waals surface area contributed by atoms with Crippen molar-refractivity contribution >= 4 is 11.5 Å². The summed E-state index contributed by atoms with van der Waals surface area (Å²) in [5.74, 6) is -0.416. The van der Waals surface area contributed by atoms with Crippen LogP contribution in [-0.2, 0) is 4.74 Å². The molecule has 1 N–H and O–H groups in total. The first-order valence-corrected chi connectivity index (χ1v) is 4.59. The molecule has 0 spiro atoms. The highest BCUT2D eigenvalue weighted by Crippen LogP contribution is 2.06. The van der Waals surface area contributed by atoms with Crippen LogP contribution in [-0.4, -0.2) is 22.0 Å². The first-order chi connectivity index (χ1) is 7.22. The van der Waals surface area contributed by atoms with Crippen molar-refractivity contribution in [3.8, 4) is 0 Å². The van der Waals surface area contributed by atoms with E-state index in [9.17, 15) is 9.59 Å². The van der Waals surface area contributed by atoms with Crippen LogP contribution in [0, 0.1) is 0 Å². The van der Waals surface area contributed by atoms with Crippen molar-refractivity contribution in [1.29, 1.82) is 0 Å². The number of hydrogen-bond donors (Lipinski definition) is 1. The largest absolute Gasteiger partial charge is 0.462 e. The van der Waals surface area contributed by atoms with Crippen LogP contribution in [0.15, 0.2) is 29.5 Å². The first kappa shape index (κ1) is 9.51. The van der Waals surface area contributed by atoms with Gasteiger partial charge in [0.25, 0.3) is 5.56 Å². The van der Waals surface area contributed by atoms with Crippen LogP contribution >= 0.6 is 0 Å². The Kier molecular flexibility index (Phi) is 2.29. The monoisotopic (exact) mass is 206 g/mol. The number of aromatic amines is 1. The van der Waals surface area contributed by atoms with Gasteiger partial charge in [-0.2, -0.15) is 0 Å². The molecule has 0 saturated carbocycles. The van der Waals surface area contributed by atoms with Gasteiger partial charge in [-0.25, -0.2) is 4.79 Å². The Morgan fingerprint density at radius 3 is 3.07 bits per heavy atom. The van der Waals surface area contributed by atoms with Crippen LogP contribution < -0.4 is 5.56 Å². The Bertz CT molecular complexity index is 553. The van der Waals surface area contributed by atoms with E-state index in [-0.39, 0.29) is 5.56 Å². The minimum atomic E-state index is -0.416. The van der Waals surface area contributed by atoms with E-state index in [2.05, 4.69) is 4.98 Å². The van der Waals surface area contributed by atoms with E-state index in [0.29, 0.717) is 17.7 Å². The standard InChI is InChI=1S/C10H10N2O3/c1-2-15-10(14)7-5-8-9(13)11-3-4-12(8)6-7/h3-6H,2H2,1H3,(H,11,13). The van der Waals surface area contributed by atoms with Crippen LogP contribution in [0.1, 0.15) is 17.3 Å². The van der Waals surface area contributed by atoms with Crippen molar-refractivity contribution in [2.75, 3.05) is 6.61 Å². The number of hydrogen-bond acceptors (Lipinski definition) is 3. The lowest BCUT2D eigenvalue weighted by Crippen LogP contribution is -2.06. The quantitative estimate of drug-likeness (QED) is 0.739. The number of carbonyl (C=O) groups is 1. The van der Waals surface area contributed by atoms with Crippen molar-refractivity contribution in [3.63, 3.8) is 0 Å². The highest BCUT2D eigenvalue weighted by molar-refractivity contribution is 5.91. The van der Waals surface area contributed by atoms with Crippen LogP contribution in [0.25, 0.3) is 5.52 Å². The second kappa shape index (κ2) is 3.61. The molecule has 0 aliphatic rings. The molecule has 0 bridgehead atoms. The van der Waals surface area contributed by atoms with Crippen LogP contribution in [0.4, 0.5) is 0 Å². The Morgan fingerprint density at radius 1 is 1.60 bits per heavy atom. The number of esters is 1. The van der Waals surface area contributed by atoms with E-state index in [4.69, 9.17) is 4.74 Å². The van der Waals surface area contributed by atoms with Crippen molar-refractivity contribution < 1.29 is 9.53 Å². The average Bonchev–Trinajstić information content (AvgIpc) is 2.63. The fourth-order valence-electron chi connectivity index (χ4n) is 1.38. The molecule has 0 unspecified atom stereocenters. The number of carbonyl (C=O) groups excluding carboxylic acids is 1. The lowest BCUT2D eigenvalue weighted by Gasteiger charge is -1.96. The van der Waals surface area contributed by atoms with Gasteiger partial charge in [0.05, 0.1) is 12.2 Å². The van der Waals surface area contributed by atoms with Gasteiger partial charge in [-0.3, -0.25) is 4.79 Å². The zero-order valence-corrected chi connectivity index (χ0v) is 8.19. The topological polar surface area (TPSA) is 63.6 Å². The second-order valence-corrected chi connectivity index (χ2v) is 3.03. The molecule has 0 aliphatic carbocycles. The number of nitrogens with zero attached hydrogens (tertiary/aromatic N) is 1. The third-order valence-electron chi connectivity index (χ3n) is 2.04. The summed E-state index contributed by atoms with van der Waals surface area (Å²) in [4.78, 5) is 25.3. The number of nitrogens with one attached hydrogen (secondary N) is 1. The molecule has 2 heterocycles. The molecular formula is C10H10N2O3. The van der Waals surface area contributed by atoms with Crippen molar-refractivity contribution in [2.45, 2.75) is 6.92 Å². The molecule has 0 radical (unpaired) electrons. The van der Waals surface area contributed by atoms with E-state index >= 15 is 0 Å². The number of H-pyrrole nitrogens is 1. The second-order valence-electron chi connectivity index (χ2n) is 3.03. The van der Waals surface area contributed by atoms with E-state index < -0.39 is 5.97 Å². The molecule has 0 aliphatic heterocycles. The van der Waals surface area contributed by atoms with Gasteiger partial charge in [-0.1, -0.05) is 0 Å². The lowest BCUT2D eigenvalue weighted by atomic mass is 10.3. The maximum absolute atomic E-state index is 11.4. The molecule has 0 aromatic carbocycles. The highest BCUT2D eigenvalue weighted by atomic mass is 16.5. The van der Waals surface area contributed by atoms with Gasteiger partial charge in [0.2, 0.25) is 0 Å². The van der Waals surface area contributed by atoms with Crippen molar-refractivity contribution in [3.05, 3.63) is 40.6 Å². The lowest BCUT2D eigenvalue weighted by molar-refractivity contribution is 0.0526. The van der Waals surface area contributed by atoms with Gasteiger partial charge in [0.1, 0.15) is 5.52 Å². The molecule has 0 amide bonds. The number of ether oxygens (including phenoxy) is 1. The Balaban J connectivity index is 2.52. The molecule has 15 heavy (non-hydrogen) atoms. The Morgan fingerprint density at radius 2 is 2.40 bits per heavy atom. The summed E-state index contributed by atoms with van der Waals surface area (Å²) in [6.07, 6.45) is 4.76. The average molecular weight is 206 g/mol. The third kappa shape index (κ3) is 1.63. The molecule has 0 saturated heterocycles. The maximum atomic E-state index is 11.4. The van der Waals surface area contributed by atoms with Gasteiger partial charge in [-0.15, -0.1) is 0 Å². The summed E-state index contributed by atoms with van der Waals surface area (Å²) in [5.41, 5.74) is 0.585. The maximum Gasteiger partial charge on any atom is 0.339 e. The molecule has 2 aromatic heterocycles. The van der Waals surface area contributed by atoms with Crippen LogP contribution in [0.2, 0.25) is 0 Å². The zero-order chi connectivity index (χ0) is 10.8. The summed E-state index contributed by atoms with van der Waals surface area (Å²) >= 11 is 0. The van der Waals surface area contributed by atoms with Crippen molar-refractivity contribution in [2.24, 2.45) is 0 Å². The van der Waals surface area contributed by atoms with Crippen LogP contribution in [0.3, 0.4) is 0 Å². The van der Waals surface area contributed by atoms with Crippen molar-refractivity contribution in [1.82, 2.24) is 9.38 Å². The summed E-state index contributed by atoms with van der Waals surface area (Å²) in [6, 6.07) is 1.51. The van der Waals surface area contributed by atoms with Gasteiger partial charge in [0, 0.05) is 18.6 Å². The molecule has 0 fully saturated rings. The smallest absolute Gasteiger partial charge is 0.339 e. The Labute approximate surface area is 85.3 Å². The minimum Gasteiger partial charge on any atom is -0.462 e. The fourth-order valence-corrected chi connectivity index (χ4v) is 1.38. The first-order valence-electron chi connectivity index (χ1n) is 4.59. The van der Waals surface area contributed by atoms with Crippen LogP contribution in [0.5, 0.6) is 0 Å². The number of rotatable bonds is 2. The van der Waals surface area contributed by atoms with Gasteiger partial charge >= 0.3 is 5.97 Å². The fraction of sp³-hybridized carbons (Fsp3) is 0.200. The van der Waals surface area contributed by atoms with E-state index in [0.717, 1.165) is 0 Å². The summed E-state index contributed by atoms with van der Waals surface area (Å²) in [6.45, 7) is 2.06. The van der Waals surface area contributed by atoms with Gasteiger partial charge < -0.3 is 14.1 Å². The molecule has 2 aromatic rings. The molecule has 5 heteroatoms. The molecule has 0 atom stereocenters. The predicted octanol–water partition coefficient (Wildman–Crippen LogP) is 0.804. The normalized spacial score (nSPS) is 10.5. The number of aromatic nitrogens is 2. The number of fused-ring (bicyclic) bond motifs is 1. The molecule has 2 rings (SSSR count). The van der Waals surface area contributed by atoms with E-state index in [1.807, 2.05) is 0 Å². The minimum absolute atomic E-state index is 0.229. The predicted molar refractivity (Wildman–Crippen MR) is 54.0 cm³/mol. The van der Waals surface area contributed by atoms with Gasteiger partial charge in [0.15, 0.2) is 0 Å².